The monoisotopic (exact) mass is 376 g/mol. The first-order valence-electron chi connectivity index (χ1n) is 8.77. The van der Waals surface area contributed by atoms with Gasteiger partial charge in [0.05, 0.1) is 18.7 Å². The average Bonchev–Trinajstić information content (AvgIpc) is 2.63. The number of nitrogens with zero attached hydrogens (tertiary/aromatic N) is 2. The molecule has 0 saturated carbocycles. The summed E-state index contributed by atoms with van der Waals surface area (Å²) in [5, 5.41) is 0. The van der Waals surface area contributed by atoms with Crippen molar-refractivity contribution in [3.63, 3.8) is 0 Å². The maximum Gasteiger partial charge on any atom is 0.307 e. The van der Waals surface area contributed by atoms with E-state index < -0.39 is 6.10 Å². The lowest BCUT2D eigenvalue weighted by Gasteiger charge is -2.33. The lowest BCUT2D eigenvalue weighted by Crippen LogP contribution is -2.49. The normalized spacial score (nSPS) is 15.6. The van der Waals surface area contributed by atoms with Gasteiger partial charge >= 0.3 is 5.97 Å². The predicted molar refractivity (Wildman–Crippen MR) is 97.8 cm³/mol. The molecular weight excluding hydrogens is 352 g/mol. The Kier molecular flexibility index (Phi) is 6.55. The van der Waals surface area contributed by atoms with E-state index in [1.807, 2.05) is 0 Å². The molecular formula is C19H24N2O6. The van der Waals surface area contributed by atoms with Crippen LogP contribution in [0.25, 0.3) is 0 Å². The zero-order chi connectivity index (χ0) is 20.1. The number of carbonyl (C=O) groups excluding carboxylic acids is 4. The molecule has 1 aromatic rings. The van der Waals surface area contributed by atoms with Crippen LogP contribution >= 0.6 is 0 Å². The Morgan fingerprint density at radius 2 is 2.00 bits per heavy atom. The summed E-state index contributed by atoms with van der Waals surface area (Å²) < 4.78 is 10.4. The third-order valence-corrected chi connectivity index (χ3v) is 4.25. The van der Waals surface area contributed by atoms with E-state index >= 15 is 0 Å². The molecule has 1 atom stereocenters. The van der Waals surface area contributed by atoms with Crippen molar-refractivity contribution in [3.8, 4) is 5.75 Å². The molecule has 1 unspecified atom stereocenters. The number of hydrogen-bond donors (Lipinski definition) is 0. The Hall–Kier alpha value is -2.90. The number of hydrogen-bond acceptors (Lipinski definition) is 6. The molecule has 1 aromatic carbocycles. The average molecular weight is 376 g/mol. The van der Waals surface area contributed by atoms with Gasteiger partial charge in [-0.3, -0.25) is 24.1 Å². The lowest BCUT2D eigenvalue weighted by atomic mass is 10.1. The molecule has 0 radical (unpaired) electrons. The second-order valence-electron chi connectivity index (χ2n) is 6.29. The molecule has 8 nitrogen and oxygen atoms in total. The third-order valence-electron chi connectivity index (χ3n) is 4.25. The van der Waals surface area contributed by atoms with Crippen molar-refractivity contribution in [2.75, 3.05) is 31.6 Å². The molecule has 2 amide bonds. The first kappa shape index (κ1) is 20.4. The number of benzene rings is 1. The van der Waals surface area contributed by atoms with Gasteiger partial charge < -0.3 is 14.4 Å². The Balaban J connectivity index is 2.16. The van der Waals surface area contributed by atoms with Crippen LogP contribution in [0.4, 0.5) is 5.69 Å². The number of Topliss-reactive ketones (excluding diaryl/α,β-unsaturated/α-hetero) is 1. The van der Waals surface area contributed by atoms with Crippen molar-refractivity contribution < 1.29 is 28.7 Å². The number of likely N-dealkylation sites (N-methyl/N-ethyl adjacent to an activating group) is 1. The summed E-state index contributed by atoms with van der Waals surface area (Å²) in [4.78, 5) is 50.9. The van der Waals surface area contributed by atoms with Crippen LogP contribution in [0, 0.1) is 0 Å². The molecule has 0 aromatic heterocycles. The second-order valence-corrected chi connectivity index (χ2v) is 6.29. The molecule has 0 N–H and O–H groups in total. The Labute approximate surface area is 158 Å². The largest absolute Gasteiger partial charge is 0.479 e. The van der Waals surface area contributed by atoms with Crippen LogP contribution in [0.15, 0.2) is 18.2 Å². The van der Waals surface area contributed by atoms with Gasteiger partial charge in [0, 0.05) is 19.2 Å². The zero-order valence-electron chi connectivity index (χ0n) is 16.0. The van der Waals surface area contributed by atoms with E-state index in [0.717, 1.165) is 0 Å². The molecule has 146 valence electrons. The zero-order valence-corrected chi connectivity index (χ0v) is 16.0. The maximum absolute atomic E-state index is 12.5. The van der Waals surface area contributed by atoms with Gasteiger partial charge in [-0.2, -0.15) is 0 Å². The highest BCUT2D eigenvalue weighted by Gasteiger charge is 2.33. The minimum atomic E-state index is -0.738. The highest BCUT2D eigenvalue weighted by molar-refractivity contribution is 6.05. The molecule has 8 heteroatoms. The highest BCUT2D eigenvalue weighted by atomic mass is 16.5. The summed E-state index contributed by atoms with van der Waals surface area (Å²) >= 11 is 0. The van der Waals surface area contributed by atoms with E-state index in [4.69, 9.17) is 9.47 Å². The number of fused-ring (bicyclic) bond motifs is 1. The number of anilines is 1. The van der Waals surface area contributed by atoms with Crippen LogP contribution < -0.4 is 9.64 Å². The number of ether oxygens (including phenoxy) is 2. The van der Waals surface area contributed by atoms with Gasteiger partial charge in [0.15, 0.2) is 11.9 Å². The molecule has 0 bridgehead atoms. The van der Waals surface area contributed by atoms with E-state index in [2.05, 4.69) is 0 Å². The molecule has 0 fully saturated rings. The highest BCUT2D eigenvalue weighted by Crippen LogP contribution is 2.35. The van der Waals surface area contributed by atoms with E-state index in [1.54, 1.807) is 39.1 Å². The summed E-state index contributed by atoms with van der Waals surface area (Å²) in [6.45, 7) is 5.00. The van der Waals surface area contributed by atoms with Crippen molar-refractivity contribution in [2.24, 2.45) is 0 Å². The second kappa shape index (κ2) is 8.66. The molecule has 1 heterocycles. The van der Waals surface area contributed by atoms with Crippen molar-refractivity contribution in [1.29, 1.82) is 0 Å². The van der Waals surface area contributed by atoms with Crippen LogP contribution in [-0.2, 0) is 19.1 Å². The molecule has 2 rings (SSSR count). The molecule has 1 aliphatic rings. The van der Waals surface area contributed by atoms with Crippen molar-refractivity contribution in [3.05, 3.63) is 23.8 Å². The molecule has 27 heavy (non-hydrogen) atoms. The van der Waals surface area contributed by atoms with Gasteiger partial charge in [0.2, 0.25) is 5.91 Å². The minimum absolute atomic E-state index is 0.0780. The third kappa shape index (κ3) is 4.84. The van der Waals surface area contributed by atoms with E-state index in [9.17, 15) is 19.2 Å². The first-order valence-corrected chi connectivity index (χ1v) is 8.77. The van der Waals surface area contributed by atoms with Gasteiger partial charge in [-0.05, 0) is 39.0 Å². The van der Waals surface area contributed by atoms with Crippen LogP contribution in [0.1, 0.15) is 37.6 Å². The van der Waals surface area contributed by atoms with Gasteiger partial charge in [-0.1, -0.05) is 0 Å². The van der Waals surface area contributed by atoms with Crippen molar-refractivity contribution in [1.82, 2.24) is 4.90 Å². The fourth-order valence-electron chi connectivity index (χ4n) is 2.66. The van der Waals surface area contributed by atoms with Crippen LogP contribution in [0.3, 0.4) is 0 Å². The summed E-state index contributed by atoms with van der Waals surface area (Å²) in [5.41, 5.74) is 0.811. The summed E-state index contributed by atoms with van der Waals surface area (Å²) in [7, 11) is 1.56. The quantitative estimate of drug-likeness (QED) is 0.528. The van der Waals surface area contributed by atoms with E-state index in [0.29, 0.717) is 17.0 Å². The van der Waals surface area contributed by atoms with E-state index in [-0.39, 0.29) is 49.7 Å². The SMILES string of the molecule is CCOC(=O)CCN(C)C(=O)CN1C(=O)C(C)Oc2ccc(C(C)=O)cc21. The molecule has 0 saturated heterocycles. The first-order chi connectivity index (χ1) is 12.7. The predicted octanol–water partition coefficient (Wildman–Crippen LogP) is 1.41. The number of esters is 1. The maximum atomic E-state index is 12.5. The molecule has 0 aliphatic carbocycles. The number of rotatable bonds is 7. The summed E-state index contributed by atoms with van der Waals surface area (Å²) in [6, 6.07) is 4.79. The summed E-state index contributed by atoms with van der Waals surface area (Å²) in [5.74, 6) is -0.795. The number of amides is 2. The van der Waals surface area contributed by atoms with Crippen LogP contribution in [0.2, 0.25) is 0 Å². The van der Waals surface area contributed by atoms with Crippen molar-refractivity contribution >= 4 is 29.3 Å². The van der Waals surface area contributed by atoms with E-state index in [1.165, 1.54) is 16.7 Å². The lowest BCUT2D eigenvalue weighted by molar-refractivity contribution is -0.144. The number of ketones is 1. The van der Waals surface area contributed by atoms with Gasteiger partial charge in [0.25, 0.3) is 5.91 Å². The summed E-state index contributed by atoms with van der Waals surface area (Å²) in [6.07, 6.45) is -0.660. The van der Waals surface area contributed by atoms with Crippen LogP contribution in [0.5, 0.6) is 5.75 Å². The fourth-order valence-corrected chi connectivity index (χ4v) is 2.66. The van der Waals surface area contributed by atoms with Gasteiger partial charge in [0.1, 0.15) is 12.3 Å². The Morgan fingerprint density at radius 3 is 2.63 bits per heavy atom. The molecule has 1 aliphatic heterocycles. The van der Waals surface area contributed by atoms with Crippen molar-refractivity contribution in [2.45, 2.75) is 33.3 Å². The number of carbonyl (C=O) groups is 4. The molecule has 0 spiro atoms. The Bertz CT molecular complexity index is 761. The van der Waals surface area contributed by atoms with Gasteiger partial charge in [-0.15, -0.1) is 0 Å². The van der Waals surface area contributed by atoms with Crippen LogP contribution in [-0.4, -0.2) is 61.3 Å². The smallest absolute Gasteiger partial charge is 0.307 e. The topological polar surface area (TPSA) is 93.2 Å². The Morgan fingerprint density at radius 1 is 1.30 bits per heavy atom. The fraction of sp³-hybridized carbons (Fsp3) is 0.474. The van der Waals surface area contributed by atoms with Gasteiger partial charge in [-0.25, -0.2) is 0 Å². The minimum Gasteiger partial charge on any atom is -0.479 e. The standard InChI is InChI=1S/C19H24N2O6/c1-5-26-18(24)8-9-20(4)17(23)11-21-15-10-14(12(2)22)6-7-16(15)27-13(3)19(21)25/h6-7,10,13H,5,8-9,11H2,1-4H3.